The first-order valence-corrected chi connectivity index (χ1v) is 11.3. The number of pyridine rings is 1. The molecule has 4 aromatic rings. The number of piperidine rings is 1. The van der Waals surface area contributed by atoms with Crippen molar-refractivity contribution in [1.29, 1.82) is 0 Å². The molecule has 0 amide bonds. The summed E-state index contributed by atoms with van der Waals surface area (Å²) >= 11 is 0. The molecular formula is C25H28N6O. The van der Waals surface area contributed by atoms with Gasteiger partial charge in [0, 0.05) is 12.1 Å². The maximum Gasteiger partial charge on any atom is 0.253 e. The predicted molar refractivity (Wildman–Crippen MR) is 124 cm³/mol. The van der Waals surface area contributed by atoms with Crippen molar-refractivity contribution >= 4 is 10.9 Å². The van der Waals surface area contributed by atoms with Gasteiger partial charge in [-0.15, -0.1) is 5.10 Å². The van der Waals surface area contributed by atoms with Gasteiger partial charge in [-0.3, -0.25) is 9.69 Å². The summed E-state index contributed by atoms with van der Waals surface area (Å²) in [7, 11) is 0. The predicted octanol–water partition coefficient (Wildman–Crippen LogP) is 3.69. The average molecular weight is 429 g/mol. The number of benzene rings is 2. The number of nitrogens with zero attached hydrogens (tertiary/aromatic N) is 5. The summed E-state index contributed by atoms with van der Waals surface area (Å²) in [5.41, 5.74) is 3.68. The zero-order valence-corrected chi connectivity index (χ0v) is 18.5. The van der Waals surface area contributed by atoms with Crippen LogP contribution in [0, 0.1) is 12.8 Å². The van der Waals surface area contributed by atoms with Crippen molar-refractivity contribution in [3.05, 3.63) is 87.5 Å². The Morgan fingerprint density at radius 1 is 1.16 bits per heavy atom. The molecule has 2 atom stereocenters. The van der Waals surface area contributed by atoms with Crippen molar-refractivity contribution in [2.45, 2.75) is 39.3 Å². The van der Waals surface area contributed by atoms with Crippen molar-refractivity contribution in [3.63, 3.8) is 0 Å². The molecule has 7 heteroatoms. The first-order chi connectivity index (χ1) is 15.6. The smallest absolute Gasteiger partial charge is 0.253 e. The molecule has 5 rings (SSSR count). The third-order valence-corrected chi connectivity index (χ3v) is 6.44. The average Bonchev–Trinajstić information content (AvgIpc) is 3.23. The van der Waals surface area contributed by atoms with E-state index in [1.54, 1.807) is 0 Å². The van der Waals surface area contributed by atoms with Crippen LogP contribution in [0.2, 0.25) is 0 Å². The molecule has 2 aromatic heterocycles. The number of hydrogen-bond donors (Lipinski definition) is 1. The summed E-state index contributed by atoms with van der Waals surface area (Å²) in [6.07, 6.45) is 2.30. The second kappa shape index (κ2) is 8.67. The van der Waals surface area contributed by atoms with Crippen LogP contribution in [0.1, 0.15) is 48.3 Å². The van der Waals surface area contributed by atoms with Crippen LogP contribution >= 0.6 is 0 Å². The molecule has 7 nitrogen and oxygen atoms in total. The van der Waals surface area contributed by atoms with Crippen LogP contribution in [0.4, 0.5) is 0 Å². The Hall–Kier alpha value is -3.32. The fraction of sp³-hybridized carbons (Fsp3) is 0.360. The van der Waals surface area contributed by atoms with E-state index in [1.165, 1.54) is 6.42 Å². The van der Waals surface area contributed by atoms with E-state index in [0.29, 0.717) is 23.9 Å². The van der Waals surface area contributed by atoms with Crippen molar-refractivity contribution in [1.82, 2.24) is 30.1 Å². The highest BCUT2D eigenvalue weighted by Gasteiger charge is 2.32. The minimum atomic E-state index is -0.301. The molecule has 2 aromatic carbocycles. The molecule has 164 valence electrons. The number of likely N-dealkylation sites (tertiary alicyclic amines) is 1. The molecule has 1 fully saturated rings. The number of aryl methyl sites for hydroxylation is 1. The Morgan fingerprint density at radius 3 is 2.81 bits per heavy atom. The maximum absolute atomic E-state index is 13.4. The summed E-state index contributed by atoms with van der Waals surface area (Å²) in [4.78, 5) is 18.9. The first kappa shape index (κ1) is 20.6. The number of H-pyrrole nitrogens is 1. The Bertz CT molecular complexity index is 1280. The Morgan fingerprint density at radius 2 is 2.00 bits per heavy atom. The van der Waals surface area contributed by atoms with Gasteiger partial charge in [0.15, 0.2) is 5.82 Å². The molecule has 0 spiro atoms. The minimum absolute atomic E-state index is 0.0794. The number of nitrogens with one attached hydrogen (secondary N) is 1. The molecule has 0 bridgehead atoms. The zero-order valence-electron chi connectivity index (χ0n) is 18.5. The molecule has 0 unspecified atom stereocenters. The number of para-hydroxylation sites is 1. The summed E-state index contributed by atoms with van der Waals surface area (Å²) in [6.45, 7) is 6.67. The summed E-state index contributed by atoms with van der Waals surface area (Å²) in [5, 5.41) is 13.8. The minimum Gasteiger partial charge on any atom is -0.321 e. The van der Waals surface area contributed by atoms with Gasteiger partial charge in [-0.1, -0.05) is 55.5 Å². The molecule has 1 saturated heterocycles. The zero-order chi connectivity index (χ0) is 22.1. The van der Waals surface area contributed by atoms with Crippen LogP contribution in [0.25, 0.3) is 10.9 Å². The third kappa shape index (κ3) is 3.96. The number of aromatic amines is 1. The van der Waals surface area contributed by atoms with Gasteiger partial charge in [0.05, 0.1) is 12.1 Å². The Kier molecular flexibility index (Phi) is 5.57. The lowest BCUT2D eigenvalue weighted by Crippen LogP contribution is -2.41. The largest absolute Gasteiger partial charge is 0.321 e. The van der Waals surface area contributed by atoms with Crippen LogP contribution in [-0.2, 0) is 6.54 Å². The number of tetrazole rings is 1. The number of aromatic nitrogens is 5. The van der Waals surface area contributed by atoms with E-state index in [-0.39, 0.29) is 11.6 Å². The van der Waals surface area contributed by atoms with Gasteiger partial charge in [0.25, 0.3) is 5.56 Å². The lowest BCUT2D eigenvalue weighted by atomic mass is 9.95. The van der Waals surface area contributed by atoms with E-state index in [4.69, 9.17) is 0 Å². The van der Waals surface area contributed by atoms with E-state index >= 15 is 0 Å². The van der Waals surface area contributed by atoms with Crippen molar-refractivity contribution in [3.8, 4) is 0 Å². The topological polar surface area (TPSA) is 79.7 Å². The van der Waals surface area contributed by atoms with Crippen LogP contribution < -0.4 is 5.56 Å². The Balaban J connectivity index is 1.63. The van der Waals surface area contributed by atoms with E-state index in [9.17, 15) is 4.79 Å². The van der Waals surface area contributed by atoms with Crippen molar-refractivity contribution in [2.24, 2.45) is 5.92 Å². The highest BCUT2D eigenvalue weighted by molar-refractivity contribution is 5.82. The summed E-state index contributed by atoms with van der Waals surface area (Å²) < 4.78 is 1.83. The third-order valence-electron chi connectivity index (χ3n) is 6.44. The number of rotatable bonds is 5. The molecule has 32 heavy (non-hydrogen) atoms. The van der Waals surface area contributed by atoms with Crippen molar-refractivity contribution in [2.75, 3.05) is 13.1 Å². The molecule has 1 aliphatic rings. The van der Waals surface area contributed by atoms with Crippen LogP contribution in [0.5, 0.6) is 0 Å². The SMILES string of the molecule is Cc1cccc2cc([C@@H](c3nnnn3Cc3ccccc3)N3CCC[C@@H](C)C3)c(=O)[nH]c12. The highest BCUT2D eigenvalue weighted by Crippen LogP contribution is 2.31. The molecule has 3 heterocycles. The number of fused-ring (bicyclic) bond motifs is 1. The van der Waals surface area contributed by atoms with Gasteiger partial charge in [-0.05, 0) is 65.2 Å². The molecule has 1 aliphatic heterocycles. The molecule has 0 radical (unpaired) electrons. The normalized spacial score (nSPS) is 18.1. The molecule has 0 saturated carbocycles. The van der Waals surface area contributed by atoms with E-state index in [2.05, 4.69) is 44.5 Å². The van der Waals surface area contributed by atoms with Crippen LogP contribution in [-0.4, -0.2) is 43.2 Å². The van der Waals surface area contributed by atoms with Crippen LogP contribution in [0.15, 0.2) is 59.4 Å². The van der Waals surface area contributed by atoms with Gasteiger partial charge in [0.2, 0.25) is 0 Å². The van der Waals surface area contributed by atoms with E-state index in [0.717, 1.165) is 41.5 Å². The standard InChI is InChI=1S/C25H28N6O/c1-17-8-7-13-30(15-17)23(21-14-20-12-6-9-18(2)22(20)26-25(21)32)24-27-28-29-31(24)16-19-10-4-3-5-11-19/h3-6,9-12,14,17,23H,7-8,13,15-16H2,1-2H3,(H,26,32)/t17-,23+/m1/s1. The molecule has 1 N–H and O–H groups in total. The van der Waals surface area contributed by atoms with Gasteiger partial charge < -0.3 is 4.98 Å². The van der Waals surface area contributed by atoms with E-state index < -0.39 is 0 Å². The second-order valence-corrected chi connectivity index (χ2v) is 8.92. The molecule has 0 aliphatic carbocycles. The van der Waals surface area contributed by atoms with Crippen molar-refractivity contribution < 1.29 is 0 Å². The first-order valence-electron chi connectivity index (χ1n) is 11.3. The fourth-order valence-electron chi connectivity index (χ4n) is 4.84. The number of hydrogen-bond acceptors (Lipinski definition) is 5. The van der Waals surface area contributed by atoms with Gasteiger partial charge in [0.1, 0.15) is 6.04 Å². The quantitative estimate of drug-likeness (QED) is 0.524. The highest BCUT2D eigenvalue weighted by atomic mass is 16.1. The summed E-state index contributed by atoms with van der Waals surface area (Å²) in [5.74, 6) is 1.27. The van der Waals surface area contributed by atoms with Gasteiger partial charge in [-0.25, -0.2) is 4.68 Å². The van der Waals surface area contributed by atoms with Gasteiger partial charge in [-0.2, -0.15) is 0 Å². The molecular weight excluding hydrogens is 400 g/mol. The maximum atomic E-state index is 13.4. The van der Waals surface area contributed by atoms with Crippen LogP contribution in [0.3, 0.4) is 0 Å². The lowest BCUT2D eigenvalue weighted by Gasteiger charge is -2.36. The second-order valence-electron chi connectivity index (χ2n) is 8.92. The van der Waals surface area contributed by atoms with E-state index in [1.807, 2.05) is 54.1 Å². The Labute approximate surface area is 187 Å². The monoisotopic (exact) mass is 428 g/mol. The fourth-order valence-corrected chi connectivity index (χ4v) is 4.84. The lowest BCUT2D eigenvalue weighted by molar-refractivity contribution is 0.141. The van der Waals surface area contributed by atoms with Gasteiger partial charge >= 0.3 is 0 Å². The summed E-state index contributed by atoms with van der Waals surface area (Å²) in [6, 6.07) is 18.0.